The summed E-state index contributed by atoms with van der Waals surface area (Å²) in [5.41, 5.74) is 2.55. The SMILES string of the molecule is CC(C)(C)OC(=O)NN(CC1CCCCC1)C[C@@H](O)[C@H](Cc1ccccc1)NC(=O)C(F)(F)F. The van der Waals surface area contributed by atoms with Gasteiger partial charge in [0.05, 0.1) is 12.1 Å². The Morgan fingerprint density at radius 2 is 1.74 bits per heavy atom. The fourth-order valence-electron chi connectivity index (χ4n) is 4.03. The maximum atomic E-state index is 12.9. The number of amides is 2. The van der Waals surface area contributed by atoms with Gasteiger partial charge in [-0.3, -0.25) is 10.2 Å². The number of halogens is 3. The Morgan fingerprint density at radius 3 is 2.29 bits per heavy atom. The zero-order valence-corrected chi connectivity index (χ0v) is 20.0. The number of benzene rings is 1. The number of ether oxygens (including phenoxy) is 1. The number of rotatable bonds is 9. The molecule has 0 radical (unpaired) electrons. The Kier molecular flexibility index (Phi) is 10.2. The van der Waals surface area contributed by atoms with Crippen LogP contribution in [-0.2, 0) is 16.0 Å². The number of alkyl halides is 3. The van der Waals surface area contributed by atoms with Crippen LogP contribution in [0, 0.1) is 5.92 Å². The van der Waals surface area contributed by atoms with Gasteiger partial charge < -0.3 is 15.2 Å². The van der Waals surface area contributed by atoms with E-state index in [1.807, 2.05) is 5.32 Å². The summed E-state index contributed by atoms with van der Waals surface area (Å²) in [5.74, 6) is -1.85. The number of hydrogen-bond acceptors (Lipinski definition) is 5. The number of carbonyl (C=O) groups is 2. The minimum absolute atomic E-state index is 0.00642. The van der Waals surface area contributed by atoms with Gasteiger partial charge in [0.2, 0.25) is 0 Å². The van der Waals surface area contributed by atoms with Crippen LogP contribution in [0.2, 0.25) is 0 Å². The van der Waals surface area contributed by atoms with E-state index >= 15 is 0 Å². The van der Waals surface area contributed by atoms with E-state index in [1.54, 1.807) is 51.1 Å². The average molecular weight is 488 g/mol. The quantitative estimate of drug-likeness (QED) is 0.459. The third-order valence-corrected chi connectivity index (χ3v) is 5.60. The van der Waals surface area contributed by atoms with Gasteiger partial charge in [-0.05, 0) is 51.5 Å². The first-order valence-electron chi connectivity index (χ1n) is 11.7. The van der Waals surface area contributed by atoms with Crippen molar-refractivity contribution in [2.24, 2.45) is 5.92 Å². The number of carbonyl (C=O) groups excluding carboxylic acids is 2. The molecule has 10 heteroatoms. The molecule has 1 aliphatic carbocycles. The molecular weight excluding hydrogens is 451 g/mol. The second-order valence-corrected chi connectivity index (χ2v) is 9.86. The van der Waals surface area contributed by atoms with Crippen molar-refractivity contribution in [1.82, 2.24) is 15.8 Å². The van der Waals surface area contributed by atoms with Crippen LogP contribution < -0.4 is 10.7 Å². The summed E-state index contributed by atoms with van der Waals surface area (Å²) >= 11 is 0. The molecule has 7 nitrogen and oxygen atoms in total. The van der Waals surface area contributed by atoms with Crippen LogP contribution in [-0.4, -0.2) is 59.1 Å². The van der Waals surface area contributed by atoms with E-state index in [1.165, 1.54) is 5.01 Å². The number of aliphatic hydroxyl groups excluding tert-OH is 1. The number of nitrogens with one attached hydrogen (secondary N) is 2. The van der Waals surface area contributed by atoms with Crippen molar-refractivity contribution < 1.29 is 32.6 Å². The summed E-state index contributed by atoms with van der Waals surface area (Å²) in [6.07, 6.45) is -2.00. The van der Waals surface area contributed by atoms with Gasteiger partial charge in [0.1, 0.15) is 5.60 Å². The summed E-state index contributed by atoms with van der Waals surface area (Å²) in [5, 5.41) is 14.3. The molecule has 192 valence electrons. The molecule has 3 N–H and O–H groups in total. The highest BCUT2D eigenvalue weighted by molar-refractivity contribution is 5.82. The Bertz CT molecular complexity index is 778. The first-order chi connectivity index (χ1) is 15.8. The lowest BCUT2D eigenvalue weighted by Crippen LogP contribution is -2.56. The number of hydrogen-bond donors (Lipinski definition) is 3. The van der Waals surface area contributed by atoms with Gasteiger partial charge in [0, 0.05) is 13.1 Å². The van der Waals surface area contributed by atoms with E-state index < -0.39 is 35.9 Å². The molecule has 0 saturated heterocycles. The Morgan fingerprint density at radius 1 is 1.12 bits per heavy atom. The van der Waals surface area contributed by atoms with Crippen LogP contribution in [0.4, 0.5) is 18.0 Å². The minimum Gasteiger partial charge on any atom is -0.443 e. The van der Waals surface area contributed by atoms with Crippen LogP contribution in [0.5, 0.6) is 0 Å². The van der Waals surface area contributed by atoms with Crippen molar-refractivity contribution in [2.75, 3.05) is 13.1 Å². The number of nitrogens with zero attached hydrogens (tertiary/aromatic N) is 1. The Balaban J connectivity index is 2.16. The van der Waals surface area contributed by atoms with Gasteiger partial charge in [-0.2, -0.15) is 13.2 Å². The highest BCUT2D eigenvalue weighted by Gasteiger charge is 2.41. The Labute approximate surface area is 199 Å². The van der Waals surface area contributed by atoms with Crippen LogP contribution >= 0.6 is 0 Å². The highest BCUT2D eigenvalue weighted by atomic mass is 19.4. The molecule has 1 aromatic rings. The summed E-state index contributed by atoms with van der Waals surface area (Å²) < 4.78 is 44.1. The normalized spacial score (nSPS) is 17.2. The molecule has 1 saturated carbocycles. The lowest BCUT2D eigenvalue weighted by Gasteiger charge is -2.34. The van der Waals surface area contributed by atoms with E-state index in [0.29, 0.717) is 12.1 Å². The fraction of sp³-hybridized carbons (Fsp3) is 0.667. The van der Waals surface area contributed by atoms with Gasteiger partial charge in [-0.15, -0.1) is 0 Å². The molecule has 0 heterocycles. The third kappa shape index (κ3) is 10.3. The summed E-state index contributed by atoms with van der Waals surface area (Å²) in [4.78, 5) is 24.0. The van der Waals surface area contributed by atoms with Crippen molar-refractivity contribution in [3.63, 3.8) is 0 Å². The van der Waals surface area contributed by atoms with Crippen molar-refractivity contribution in [1.29, 1.82) is 0 Å². The second kappa shape index (κ2) is 12.4. The fourth-order valence-corrected chi connectivity index (χ4v) is 4.03. The van der Waals surface area contributed by atoms with E-state index in [2.05, 4.69) is 5.43 Å². The molecule has 0 aromatic heterocycles. The first kappa shape index (κ1) is 27.9. The zero-order chi connectivity index (χ0) is 25.4. The maximum absolute atomic E-state index is 12.9. The predicted molar refractivity (Wildman–Crippen MR) is 122 cm³/mol. The topological polar surface area (TPSA) is 90.9 Å². The molecule has 0 bridgehead atoms. The average Bonchev–Trinajstić information content (AvgIpc) is 2.72. The maximum Gasteiger partial charge on any atom is 0.471 e. The highest BCUT2D eigenvalue weighted by Crippen LogP contribution is 2.24. The molecule has 1 aromatic carbocycles. The first-order valence-corrected chi connectivity index (χ1v) is 11.7. The van der Waals surface area contributed by atoms with Gasteiger partial charge in [-0.1, -0.05) is 49.6 Å². The predicted octanol–water partition coefficient (Wildman–Crippen LogP) is 3.96. The van der Waals surface area contributed by atoms with Crippen LogP contribution in [0.15, 0.2) is 30.3 Å². The molecule has 0 spiro atoms. The van der Waals surface area contributed by atoms with E-state index in [9.17, 15) is 27.9 Å². The van der Waals surface area contributed by atoms with E-state index in [-0.39, 0.29) is 18.9 Å². The monoisotopic (exact) mass is 487 g/mol. The second-order valence-electron chi connectivity index (χ2n) is 9.86. The standard InChI is InChI=1S/C24H36F3N3O4/c1-23(2,3)34-22(33)29-30(15-18-12-8-5-9-13-18)16-20(31)19(28-21(32)24(25,26)27)14-17-10-6-4-7-11-17/h4,6-7,10-11,18-20,31H,5,8-9,12-16H2,1-3H3,(H,28,32)(H,29,33)/t19-,20+/m0/s1. The molecule has 0 unspecified atom stereocenters. The van der Waals surface area contributed by atoms with E-state index in [0.717, 1.165) is 32.1 Å². The summed E-state index contributed by atoms with van der Waals surface area (Å²) in [6, 6.07) is 7.41. The van der Waals surface area contributed by atoms with Crippen molar-refractivity contribution in [3.05, 3.63) is 35.9 Å². The van der Waals surface area contributed by atoms with Crippen molar-refractivity contribution >= 4 is 12.0 Å². The van der Waals surface area contributed by atoms with Crippen LogP contribution in [0.25, 0.3) is 0 Å². The van der Waals surface area contributed by atoms with Gasteiger partial charge in [0.25, 0.3) is 0 Å². The van der Waals surface area contributed by atoms with E-state index in [4.69, 9.17) is 4.74 Å². The zero-order valence-electron chi connectivity index (χ0n) is 20.0. The summed E-state index contributed by atoms with van der Waals surface area (Å²) in [7, 11) is 0. The molecule has 2 atom stereocenters. The van der Waals surface area contributed by atoms with Crippen LogP contribution in [0.1, 0.15) is 58.4 Å². The molecule has 1 fully saturated rings. The molecule has 2 amide bonds. The molecule has 0 aliphatic heterocycles. The van der Waals surface area contributed by atoms with Gasteiger partial charge >= 0.3 is 18.2 Å². The summed E-state index contributed by atoms with van der Waals surface area (Å²) in [6.45, 7) is 5.40. The smallest absolute Gasteiger partial charge is 0.443 e. The minimum atomic E-state index is -5.08. The number of aliphatic hydroxyl groups is 1. The molecule has 1 aliphatic rings. The van der Waals surface area contributed by atoms with Crippen LogP contribution in [0.3, 0.4) is 0 Å². The van der Waals surface area contributed by atoms with Gasteiger partial charge in [-0.25, -0.2) is 9.80 Å². The molecule has 2 rings (SSSR count). The third-order valence-electron chi connectivity index (χ3n) is 5.60. The largest absolute Gasteiger partial charge is 0.471 e. The van der Waals surface area contributed by atoms with Crippen molar-refractivity contribution in [2.45, 2.75) is 83.2 Å². The van der Waals surface area contributed by atoms with Gasteiger partial charge in [0.15, 0.2) is 0 Å². The number of hydrazine groups is 1. The molecular formula is C24H36F3N3O4. The Hall–Kier alpha value is -2.33. The lowest BCUT2D eigenvalue weighted by atomic mass is 9.89. The van der Waals surface area contributed by atoms with Crippen molar-refractivity contribution in [3.8, 4) is 0 Å². The molecule has 34 heavy (non-hydrogen) atoms. The lowest BCUT2D eigenvalue weighted by molar-refractivity contribution is -0.175.